The molecule has 1 atom stereocenters. The van der Waals surface area contributed by atoms with E-state index in [1.165, 1.54) is 0 Å². The van der Waals surface area contributed by atoms with Gasteiger partial charge in [-0.25, -0.2) is 8.42 Å². The van der Waals surface area contributed by atoms with Crippen LogP contribution in [0.4, 0.5) is 11.4 Å². The van der Waals surface area contributed by atoms with Crippen molar-refractivity contribution in [3.05, 3.63) is 23.8 Å². The van der Waals surface area contributed by atoms with E-state index in [2.05, 4.69) is 0 Å². The fourth-order valence-corrected chi connectivity index (χ4v) is 3.86. The zero-order valence-electron chi connectivity index (χ0n) is 10.7. The van der Waals surface area contributed by atoms with Gasteiger partial charge in [0.2, 0.25) is 5.91 Å². The fraction of sp³-hybridized carbons (Fsp3) is 0.417. The van der Waals surface area contributed by atoms with Gasteiger partial charge in [0.1, 0.15) is 0 Å². The Morgan fingerprint density at radius 1 is 1.42 bits per heavy atom. The maximum absolute atomic E-state index is 11.6. The molecule has 1 aliphatic heterocycles. The SMILES string of the molecule is CC1CS(=O)(=O)CCN1c1cc(C(N)=O)ccc1N. The molecule has 0 spiro atoms. The van der Waals surface area contributed by atoms with Crippen LogP contribution in [0.2, 0.25) is 0 Å². The van der Waals surface area contributed by atoms with Crippen LogP contribution in [0.3, 0.4) is 0 Å². The molecule has 19 heavy (non-hydrogen) atoms. The van der Waals surface area contributed by atoms with E-state index >= 15 is 0 Å². The van der Waals surface area contributed by atoms with Crippen LogP contribution in [-0.4, -0.2) is 38.4 Å². The number of nitrogens with zero attached hydrogens (tertiary/aromatic N) is 1. The number of hydrogen-bond acceptors (Lipinski definition) is 5. The number of amides is 1. The predicted molar refractivity (Wildman–Crippen MR) is 74.8 cm³/mol. The molecule has 1 aromatic rings. The lowest BCUT2D eigenvalue weighted by atomic mass is 10.1. The van der Waals surface area contributed by atoms with Gasteiger partial charge in [-0.15, -0.1) is 0 Å². The van der Waals surface area contributed by atoms with Crippen LogP contribution >= 0.6 is 0 Å². The second-order valence-corrected chi connectivity index (χ2v) is 7.02. The molecule has 1 aliphatic rings. The highest BCUT2D eigenvalue weighted by Gasteiger charge is 2.29. The Morgan fingerprint density at radius 2 is 2.11 bits per heavy atom. The van der Waals surface area contributed by atoms with E-state index < -0.39 is 15.7 Å². The number of nitrogens with two attached hydrogens (primary N) is 2. The predicted octanol–water partition coefficient (Wildman–Crippen LogP) is -0.00900. The van der Waals surface area contributed by atoms with Crippen LogP contribution in [0.15, 0.2) is 18.2 Å². The first kappa shape index (κ1) is 13.7. The minimum atomic E-state index is -2.99. The van der Waals surface area contributed by atoms with Crippen molar-refractivity contribution in [3.63, 3.8) is 0 Å². The number of hydrogen-bond donors (Lipinski definition) is 2. The summed E-state index contributed by atoms with van der Waals surface area (Å²) in [4.78, 5) is 13.1. The van der Waals surface area contributed by atoms with Crippen LogP contribution < -0.4 is 16.4 Å². The first-order valence-corrected chi connectivity index (χ1v) is 7.79. The van der Waals surface area contributed by atoms with Gasteiger partial charge in [-0.3, -0.25) is 4.79 Å². The molecular formula is C12H17N3O3S. The molecule has 2 rings (SSSR count). The van der Waals surface area contributed by atoms with Crippen LogP contribution in [0.1, 0.15) is 17.3 Å². The highest BCUT2D eigenvalue weighted by molar-refractivity contribution is 7.91. The molecule has 1 aromatic carbocycles. The first-order chi connectivity index (χ1) is 8.80. The molecule has 4 N–H and O–H groups in total. The van der Waals surface area contributed by atoms with Crippen molar-refractivity contribution in [2.75, 3.05) is 28.7 Å². The number of benzene rings is 1. The van der Waals surface area contributed by atoms with Crippen molar-refractivity contribution in [2.24, 2.45) is 5.73 Å². The second-order valence-electron chi connectivity index (χ2n) is 4.79. The molecular weight excluding hydrogens is 266 g/mol. The topological polar surface area (TPSA) is 106 Å². The van der Waals surface area contributed by atoms with E-state index in [4.69, 9.17) is 11.5 Å². The van der Waals surface area contributed by atoms with E-state index in [1.54, 1.807) is 18.2 Å². The van der Waals surface area contributed by atoms with Crippen LogP contribution in [0, 0.1) is 0 Å². The molecule has 1 amide bonds. The summed E-state index contributed by atoms with van der Waals surface area (Å²) in [6, 6.07) is 4.62. The quantitative estimate of drug-likeness (QED) is 0.742. The van der Waals surface area contributed by atoms with Gasteiger partial charge in [-0.2, -0.15) is 0 Å². The van der Waals surface area contributed by atoms with Crippen molar-refractivity contribution in [3.8, 4) is 0 Å². The van der Waals surface area contributed by atoms with Crippen molar-refractivity contribution in [1.82, 2.24) is 0 Å². The standard InChI is InChI=1S/C12H17N3O3S/c1-8-7-19(17,18)5-4-15(8)11-6-9(12(14)16)2-3-10(11)13/h2-3,6,8H,4-5,7,13H2,1H3,(H2,14,16). The lowest BCUT2D eigenvalue weighted by Crippen LogP contribution is -2.47. The van der Waals surface area contributed by atoms with E-state index in [0.29, 0.717) is 23.5 Å². The van der Waals surface area contributed by atoms with E-state index in [1.807, 2.05) is 11.8 Å². The molecule has 0 radical (unpaired) electrons. The average molecular weight is 283 g/mol. The number of carbonyl (C=O) groups is 1. The van der Waals surface area contributed by atoms with Crippen LogP contribution in [0.5, 0.6) is 0 Å². The Labute approximate surface area is 112 Å². The molecule has 6 nitrogen and oxygen atoms in total. The third-order valence-electron chi connectivity index (χ3n) is 3.29. The van der Waals surface area contributed by atoms with Gasteiger partial charge in [-0.1, -0.05) is 0 Å². The third-order valence-corrected chi connectivity index (χ3v) is 5.09. The smallest absolute Gasteiger partial charge is 0.248 e. The zero-order valence-corrected chi connectivity index (χ0v) is 11.5. The molecule has 0 saturated carbocycles. The Hall–Kier alpha value is -1.76. The summed E-state index contributed by atoms with van der Waals surface area (Å²) < 4.78 is 23.1. The van der Waals surface area contributed by atoms with Gasteiger partial charge >= 0.3 is 0 Å². The highest BCUT2D eigenvalue weighted by Crippen LogP contribution is 2.28. The summed E-state index contributed by atoms with van der Waals surface area (Å²) in [6.45, 7) is 2.20. The zero-order chi connectivity index (χ0) is 14.2. The lowest BCUT2D eigenvalue weighted by Gasteiger charge is -2.36. The summed E-state index contributed by atoms with van der Waals surface area (Å²) in [5.41, 5.74) is 12.7. The number of anilines is 2. The highest BCUT2D eigenvalue weighted by atomic mass is 32.2. The maximum Gasteiger partial charge on any atom is 0.248 e. The molecule has 0 aromatic heterocycles. The fourth-order valence-electron chi connectivity index (χ4n) is 2.30. The molecule has 1 saturated heterocycles. The van der Waals surface area contributed by atoms with Crippen molar-refractivity contribution < 1.29 is 13.2 Å². The number of sulfone groups is 1. The number of primary amides is 1. The molecule has 0 aliphatic carbocycles. The Balaban J connectivity index is 2.36. The monoisotopic (exact) mass is 283 g/mol. The van der Waals surface area contributed by atoms with Gasteiger partial charge in [0.05, 0.1) is 22.9 Å². The first-order valence-electron chi connectivity index (χ1n) is 5.96. The van der Waals surface area contributed by atoms with E-state index in [-0.39, 0.29) is 17.5 Å². The minimum absolute atomic E-state index is 0.0905. The van der Waals surface area contributed by atoms with Crippen LogP contribution in [-0.2, 0) is 9.84 Å². The van der Waals surface area contributed by atoms with Crippen molar-refractivity contribution >= 4 is 27.1 Å². The maximum atomic E-state index is 11.6. The Kier molecular flexibility index (Phi) is 3.40. The molecule has 1 unspecified atom stereocenters. The van der Waals surface area contributed by atoms with Gasteiger partial charge in [0.25, 0.3) is 0 Å². The summed E-state index contributed by atoms with van der Waals surface area (Å²) in [5, 5.41) is 0. The van der Waals surface area contributed by atoms with Gasteiger partial charge in [0.15, 0.2) is 9.84 Å². The van der Waals surface area contributed by atoms with Gasteiger partial charge in [0, 0.05) is 18.2 Å². The Morgan fingerprint density at radius 3 is 2.68 bits per heavy atom. The van der Waals surface area contributed by atoms with Crippen molar-refractivity contribution in [1.29, 1.82) is 0 Å². The molecule has 1 fully saturated rings. The number of nitrogen functional groups attached to an aromatic ring is 1. The second kappa shape index (κ2) is 4.73. The molecule has 0 bridgehead atoms. The summed E-state index contributed by atoms with van der Waals surface area (Å²) in [5.74, 6) is -0.344. The molecule has 104 valence electrons. The van der Waals surface area contributed by atoms with Gasteiger partial charge < -0.3 is 16.4 Å². The minimum Gasteiger partial charge on any atom is -0.397 e. The molecule has 7 heteroatoms. The van der Waals surface area contributed by atoms with Crippen molar-refractivity contribution in [2.45, 2.75) is 13.0 Å². The largest absolute Gasteiger partial charge is 0.397 e. The summed E-state index contributed by atoms with van der Waals surface area (Å²) in [7, 11) is -2.99. The summed E-state index contributed by atoms with van der Waals surface area (Å²) in [6.07, 6.45) is 0. The summed E-state index contributed by atoms with van der Waals surface area (Å²) >= 11 is 0. The van der Waals surface area contributed by atoms with Gasteiger partial charge in [-0.05, 0) is 25.1 Å². The van der Waals surface area contributed by atoms with E-state index in [0.717, 1.165) is 0 Å². The molecule has 1 heterocycles. The third kappa shape index (κ3) is 2.81. The number of carbonyl (C=O) groups excluding carboxylic acids is 1. The van der Waals surface area contributed by atoms with E-state index in [9.17, 15) is 13.2 Å². The number of rotatable bonds is 2. The normalized spacial score (nSPS) is 22.2. The average Bonchev–Trinajstić information content (AvgIpc) is 2.29. The lowest BCUT2D eigenvalue weighted by molar-refractivity contribution is 0.100. The van der Waals surface area contributed by atoms with Crippen LogP contribution in [0.25, 0.3) is 0 Å². The Bertz CT molecular complexity index is 613.